The first kappa shape index (κ1) is 28.3. The number of nitrogen functional groups attached to an aromatic ring is 2. The number of anilines is 2. The molecule has 6 N–H and O–H groups in total. The molecule has 0 aromatic heterocycles. The summed E-state index contributed by atoms with van der Waals surface area (Å²) < 4.78 is 142. The van der Waals surface area contributed by atoms with E-state index in [0.29, 0.717) is 0 Å². The van der Waals surface area contributed by atoms with Crippen LogP contribution in [-0.2, 0) is 11.8 Å². The Morgan fingerprint density at radius 2 is 0.789 bits per heavy atom. The van der Waals surface area contributed by atoms with Gasteiger partial charge in [-0.25, -0.2) is 0 Å². The first-order valence-corrected chi connectivity index (χ1v) is 9.86. The molecule has 0 aliphatic heterocycles. The molecule has 3 aromatic carbocycles. The van der Waals surface area contributed by atoms with E-state index in [9.17, 15) is 54.1 Å². The van der Waals surface area contributed by atoms with Gasteiger partial charge in [0.1, 0.15) is 34.5 Å². The number of nitrogens with two attached hydrogens (primary N) is 2. The molecule has 0 amide bonds. The van der Waals surface area contributed by atoms with E-state index in [1.165, 1.54) is 0 Å². The van der Waals surface area contributed by atoms with E-state index in [2.05, 4.69) is 0 Å². The molecule has 3 rings (SSSR count). The molecule has 0 aliphatic carbocycles. The van der Waals surface area contributed by atoms with Gasteiger partial charge in [-0.1, -0.05) is 0 Å². The normalized spacial score (nSPS) is 12.9. The van der Waals surface area contributed by atoms with E-state index in [-0.39, 0.29) is 23.6 Å². The summed E-state index contributed by atoms with van der Waals surface area (Å²) in [5, 5.41) is 19.2. The fraction of sp³-hybridized carbons (Fsp3) is 0.182. The zero-order valence-corrected chi connectivity index (χ0v) is 18.3. The van der Waals surface area contributed by atoms with Gasteiger partial charge in [0.15, 0.2) is 0 Å². The van der Waals surface area contributed by atoms with Crippen molar-refractivity contribution in [2.45, 2.75) is 24.2 Å². The minimum atomic E-state index is -6.06. The second-order valence-electron chi connectivity index (χ2n) is 7.64. The predicted molar refractivity (Wildman–Crippen MR) is 112 cm³/mol. The Hall–Kier alpha value is -4.24. The summed E-state index contributed by atoms with van der Waals surface area (Å²) in [6.07, 6.45) is -12.1. The van der Waals surface area contributed by atoms with E-state index in [4.69, 9.17) is 20.9 Å². The molecule has 0 saturated heterocycles. The maximum absolute atomic E-state index is 13.8. The van der Waals surface area contributed by atoms with Gasteiger partial charge in [0.25, 0.3) is 0 Å². The van der Waals surface area contributed by atoms with Gasteiger partial charge in [0.2, 0.25) is 0 Å². The van der Waals surface area contributed by atoms with Gasteiger partial charge in [-0.2, -0.15) is 43.9 Å². The molecule has 0 spiro atoms. The van der Waals surface area contributed by atoms with Crippen molar-refractivity contribution in [1.29, 1.82) is 0 Å². The molecule has 0 radical (unpaired) electrons. The smallest absolute Gasteiger partial charge is 0.458 e. The van der Waals surface area contributed by atoms with Crippen LogP contribution >= 0.6 is 0 Å². The van der Waals surface area contributed by atoms with Crippen molar-refractivity contribution in [3.63, 3.8) is 0 Å². The largest absolute Gasteiger partial charge is 0.505 e. The molecule has 6 nitrogen and oxygen atoms in total. The molecular weight excluding hydrogens is 546 g/mol. The molecule has 0 bridgehead atoms. The molecule has 0 heterocycles. The van der Waals surface area contributed by atoms with Crippen LogP contribution in [0.25, 0.3) is 0 Å². The number of alkyl halides is 10. The third kappa shape index (κ3) is 5.24. The van der Waals surface area contributed by atoms with E-state index in [1.54, 1.807) is 0 Å². The van der Waals surface area contributed by atoms with Crippen LogP contribution in [0.5, 0.6) is 34.5 Å². The van der Waals surface area contributed by atoms with E-state index in [0.717, 1.165) is 36.4 Å². The molecule has 38 heavy (non-hydrogen) atoms. The lowest BCUT2D eigenvalue weighted by Gasteiger charge is -2.22. The Bertz CT molecular complexity index is 1240. The molecule has 0 unspecified atom stereocenters. The molecule has 16 heteroatoms. The van der Waals surface area contributed by atoms with Crippen molar-refractivity contribution in [2.75, 3.05) is 11.5 Å². The monoisotopic (exact) mass is 560 g/mol. The summed E-state index contributed by atoms with van der Waals surface area (Å²) in [5.74, 6) is -15.6. The van der Waals surface area contributed by atoms with Crippen LogP contribution in [0.3, 0.4) is 0 Å². The average molecular weight is 560 g/mol. The van der Waals surface area contributed by atoms with Gasteiger partial charge in [0, 0.05) is 12.1 Å². The summed E-state index contributed by atoms with van der Waals surface area (Å²) in [6.45, 7) is 0. The fourth-order valence-corrected chi connectivity index (χ4v) is 3.01. The van der Waals surface area contributed by atoms with Crippen molar-refractivity contribution in [2.24, 2.45) is 0 Å². The fourth-order valence-electron chi connectivity index (χ4n) is 3.01. The summed E-state index contributed by atoms with van der Waals surface area (Å²) in [7, 11) is 0. The highest BCUT2D eigenvalue weighted by Crippen LogP contribution is 2.51. The highest BCUT2D eigenvalue weighted by atomic mass is 19.4. The number of hydrogen-bond donors (Lipinski definition) is 4. The van der Waals surface area contributed by atoms with E-state index >= 15 is 0 Å². The van der Waals surface area contributed by atoms with Crippen LogP contribution in [0.4, 0.5) is 55.3 Å². The Balaban J connectivity index is 1.87. The molecular formula is C22H14F10N2O4. The first-order valence-electron chi connectivity index (χ1n) is 9.86. The maximum Gasteiger partial charge on any atom is 0.458 e. The number of benzene rings is 3. The SMILES string of the molecule is Nc1cc(Oc2ccc(Oc3cc(N)c(O)c(C(F)(F)C(F)(F)F)c3)cc2)cc(C(F)(F)C(F)(F)F)c1O. The summed E-state index contributed by atoms with van der Waals surface area (Å²) >= 11 is 0. The molecule has 0 atom stereocenters. The zero-order chi connectivity index (χ0) is 28.8. The number of rotatable bonds is 6. The van der Waals surface area contributed by atoms with Crippen LogP contribution in [0.2, 0.25) is 0 Å². The van der Waals surface area contributed by atoms with Crippen molar-refractivity contribution in [1.82, 2.24) is 0 Å². The number of phenols is 2. The zero-order valence-electron chi connectivity index (χ0n) is 18.3. The topological polar surface area (TPSA) is 111 Å². The molecule has 0 aliphatic rings. The second kappa shape index (κ2) is 9.25. The third-order valence-corrected chi connectivity index (χ3v) is 4.91. The van der Waals surface area contributed by atoms with E-state index < -0.39 is 69.7 Å². The molecule has 206 valence electrons. The lowest BCUT2D eigenvalue weighted by Crippen LogP contribution is -2.33. The lowest BCUT2D eigenvalue weighted by atomic mass is 10.0. The van der Waals surface area contributed by atoms with Gasteiger partial charge in [0.05, 0.1) is 22.5 Å². The summed E-state index contributed by atoms with van der Waals surface area (Å²) in [4.78, 5) is 0. The highest BCUT2D eigenvalue weighted by molar-refractivity contribution is 5.63. The van der Waals surface area contributed by atoms with Gasteiger partial charge in [-0.15, -0.1) is 0 Å². The van der Waals surface area contributed by atoms with E-state index in [1.807, 2.05) is 0 Å². The second-order valence-corrected chi connectivity index (χ2v) is 7.64. The average Bonchev–Trinajstić information content (AvgIpc) is 2.78. The minimum Gasteiger partial charge on any atom is -0.505 e. The first-order chi connectivity index (χ1) is 17.3. The molecule has 3 aromatic rings. The van der Waals surface area contributed by atoms with Crippen LogP contribution in [-0.4, -0.2) is 22.6 Å². The number of aromatic hydroxyl groups is 2. The Morgan fingerprint density at radius 3 is 1.05 bits per heavy atom. The van der Waals surface area contributed by atoms with Gasteiger partial charge in [-0.05, 0) is 36.4 Å². The Labute approximate surface area is 205 Å². The van der Waals surface area contributed by atoms with Crippen LogP contribution in [0.1, 0.15) is 11.1 Å². The summed E-state index contributed by atoms with van der Waals surface area (Å²) in [5.41, 5.74) is 5.20. The lowest BCUT2D eigenvalue weighted by molar-refractivity contribution is -0.289. The van der Waals surface area contributed by atoms with Gasteiger partial charge >= 0.3 is 24.2 Å². The van der Waals surface area contributed by atoms with Crippen molar-refractivity contribution >= 4 is 11.4 Å². The van der Waals surface area contributed by atoms with Crippen molar-refractivity contribution < 1.29 is 63.6 Å². The Kier molecular flexibility index (Phi) is 6.90. The number of hydrogen-bond acceptors (Lipinski definition) is 6. The number of halogens is 10. The third-order valence-electron chi connectivity index (χ3n) is 4.91. The molecule has 0 saturated carbocycles. The van der Waals surface area contributed by atoms with Gasteiger partial charge < -0.3 is 31.2 Å². The predicted octanol–water partition coefficient (Wildman–Crippen LogP) is 7.16. The number of ether oxygens (including phenoxy) is 2. The number of phenolic OH excluding ortho intramolecular Hbond substituents is 2. The quantitative estimate of drug-likeness (QED) is 0.145. The molecule has 0 fully saturated rings. The van der Waals surface area contributed by atoms with Crippen LogP contribution in [0, 0.1) is 0 Å². The van der Waals surface area contributed by atoms with Gasteiger partial charge in [-0.3, -0.25) is 0 Å². The van der Waals surface area contributed by atoms with Crippen molar-refractivity contribution in [3.8, 4) is 34.5 Å². The van der Waals surface area contributed by atoms with Crippen LogP contribution in [0.15, 0.2) is 48.5 Å². The Morgan fingerprint density at radius 1 is 0.500 bits per heavy atom. The highest BCUT2D eigenvalue weighted by Gasteiger charge is 2.61. The van der Waals surface area contributed by atoms with Crippen molar-refractivity contribution in [3.05, 3.63) is 59.7 Å². The van der Waals surface area contributed by atoms with Crippen LogP contribution < -0.4 is 20.9 Å². The standard InChI is InChI=1S/C22H14F10N2O4/c23-19(24,21(27,28)29)13-5-11(7-15(33)17(13)35)37-9-1-2-10(4-3-9)38-12-6-14(18(36)16(34)8-12)20(25,26)22(30,31)32/h1-8,35-36H,33-34H2. The minimum absolute atomic E-state index is 0.196. The summed E-state index contributed by atoms with van der Waals surface area (Å²) in [6, 6.07) is 6.21. The maximum atomic E-state index is 13.8.